The van der Waals surface area contributed by atoms with Crippen LogP contribution in [0.2, 0.25) is 0 Å². The Morgan fingerprint density at radius 1 is 1.18 bits per heavy atom. The lowest BCUT2D eigenvalue weighted by Crippen LogP contribution is -2.48. The summed E-state index contributed by atoms with van der Waals surface area (Å²) in [5.41, 5.74) is 2.29. The van der Waals surface area contributed by atoms with Gasteiger partial charge in [-0.05, 0) is 56.8 Å². The second-order valence-electron chi connectivity index (χ2n) is 7.40. The van der Waals surface area contributed by atoms with Crippen molar-refractivity contribution in [1.29, 1.82) is 0 Å². The van der Waals surface area contributed by atoms with Gasteiger partial charge in [-0.2, -0.15) is 5.10 Å². The quantitative estimate of drug-likeness (QED) is 0.544. The van der Waals surface area contributed by atoms with E-state index in [1.807, 2.05) is 29.1 Å². The molecule has 1 aliphatic heterocycles. The van der Waals surface area contributed by atoms with Crippen LogP contribution in [-0.2, 0) is 6.42 Å². The monoisotopic (exact) mass is 382 g/mol. The minimum absolute atomic E-state index is 0.520. The van der Waals surface area contributed by atoms with E-state index in [-0.39, 0.29) is 0 Å². The molecule has 0 spiro atoms. The van der Waals surface area contributed by atoms with Gasteiger partial charge in [0.25, 0.3) is 0 Å². The summed E-state index contributed by atoms with van der Waals surface area (Å²) in [6, 6.07) is 10.7. The Morgan fingerprint density at radius 2 is 1.96 bits per heavy atom. The van der Waals surface area contributed by atoms with Crippen molar-refractivity contribution in [3.05, 3.63) is 48.3 Å². The second kappa shape index (κ2) is 10.9. The molecule has 0 atom stereocenters. The zero-order valence-electron chi connectivity index (χ0n) is 17.3. The smallest absolute Gasteiger partial charge is 0.191 e. The highest BCUT2D eigenvalue weighted by Gasteiger charge is 2.19. The SMILES string of the molecule is CCCN1CCC(NC(=NCCc2cnn(-c3ccccc3)c2)NCC)CC1. The first-order chi connectivity index (χ1) is 13.8. The highest BCUT2D eigenvalue weighted by Crippen LogP contribution is 2.11. The molecular formula is C22H34N6. The minimum atomic E-state index is 0.520. The van der Waals surface area contributed by atoms with Gasteiger partial charge in [-0.3, -0.25) is 4.99 Å². The van der Waals surface area contributed by atoms with Crippen LogP contribution in [0.15, 0.2) is 47.7 Å². The van der Waals surface area contributed by atoms with Gasteiger partial charge in [-0.1, -0.05) is 25.1 Å². The van der Waals surface area contributed by atoms with Crippen molar-refractivity contribution in [2.24, 2.45) is 4.99 Å². The second-order valence-corrected chi connectivity index (χ2v) is 7.40. The number of aliphatic imine (C=N–C) groups is 1. The number of aromatic nitrogens is 2. The van der Waals surface area contributed by atoms with Crippen LogP contribution in [0, 0.1) is 0 Å². The lowest BCUT2D eigenvalue weighted by Gasteiger charge is -2.32. The summed E-state index contributed by atoms with van der Waals surface area (Å²) in [6.45, 7) is 9.59. The number of piperidine rings is 1. The van der Waals surface area contributed by atoms with E-state index in [0.717, 1.165) is 31.2 Å². The molecule has 0 unspecified atom stereocenters. The van der Waals surface area contributed by atoms with Gasteiger partial charge in [0.15, 0.2) is 5.96 Å². The van der Waals surface area contributed by atoms with Crippen LogP contribution in [0.1, 0.15) is 38.7 Å². The third-order valence-electron chi connectivity index (χ3n) is 5.14. The van der Waals surface area contributed by atoms with Gasteiger partial charge in [0.2, 0.25) is 0 Å². The molecule has 6 nitrogen and oxygen atoms in total. The summed E-state index contributed by atoms with van der Waals surface area (Å²) in [7, 11) is 0. The number of hydrogen-bond donors (Lipinski definition) is 2. The van der Waals surface area contributed by atoms with Crippen molar-refractivity contribution >= 4 is 5.96 Å². The van der Waals surface area contributed by atoms with E-state index >= 15 is 0 Å². The number of likely N-dealkylation sites (tertiary alicyclic amines) is 1. The third-order valence-corrected chi connectivity index (χ3v) is 5.14. The highest BCUT2D eigenvalue weighted by atomic mass is 15.3. The molecule has 0 aliphatic carbocycles. The standard InChI is InChI=1S/C22H34N6/c1-3-14-27-15-11-20(12-16-27)26-22(23-4-2)24-13-10-19-17-25-28(18-19)21-8-6-5-7-9-21/h5-9,17-18,20H,3-4,10-16H2,1-2H3,(H2,23,24,26). The lowest BCUT2D eigenvalue weighted by molar-refractivity contribution is 0.206. The van der Waals surface area contributed by atoms with Crippen molar-refractivity contribution in [1.82, 2.24) is 25.3 Å². The van der Waals surface area contributed by atoms with Crippen molar-refractivity contribution in [2.45, 2.75) is 45.6 Å². The molecule has 1 saturated heterocycles. The summed E-state index contributed by atoms with van der Waals surface area (Å²) in [4.78, 5) is 7.35. The van der Waals surface area contributed by atoms with Crippen LogP contribution in [0.4, 0.5) is 0 Å². The molecule has 3 rings (SSSR count). The zero-order valence-corrected chi connectivity index (χ0v) is 17.3. The molecule has 1 aromatic heterocycles. The van der Waals surface area contributed by atoms with Crippen LogP contribution < -0.4 is 10.6 Å². The summed E-state index contributed by atoms with van der Waals surface area (Å²) >= 11 is 0. The van der Waals surface area contributed by atoms with E-state index in [4.69, 9.17) is 4.99 Å². The molecule has 0 radical (unpaired) electrons. The van der Waals surface area contributed by atoms with Gasteiger partial charge in [0, 0.05) is 38.4 Å². The fourth-order valence-corrected chi connectivity index (χ4v) is 3.64. The number of benzene rings is 1. The summed E-state index contributed by atoms with van der Waals surface area (Å²) in [5, 5.41) is 11.5. The Labute approximate surface area is 169 Å². The topological polar surface area (TPSA) is 57.5 Å². The van der Waals surface area contributed by atoms with Crippen molar-refractivity contribution in [3.63, 3.8) is 0 Å². The van der Waals surface area contributed by atoms with Crippen LogP contribution in [0.3, 0.4) is 0 Å². The Balaban J connectivity index is 1.49. The van der Waals surface area contributed by atoms with Gasteiger partial charge >= 0.3 is 0 Å². The maximum Gasteiger partial charge on any atom is 0.191 e. The number of guanidine groups is 1. The molecule has 1 aliphatic rings. The van der Waals surface area contributed by atoms with Crippen LogP contribution in [0.5, 0.6) is 0 Å². The maximum atomic E-state index is 4.78. The summed E-state index contributed by atoms with van der Waals surface area (Å²) in [5.74, 6) is 0.937. The summed E-state index contributed by atoms with van der Waals surface area (Å²) in [6.07, 6.45) is 8.53. The molecule has 28 heavy (non-hydrogen) atoms. The lowest BCUT2D eigenvalue weighted by atomic mass is 10.1. The molecule has 0 amide bonds. The number of nitrogens with zero attached hydrogens (tertiary/aromatic N) is 4. The van der Waals surface area contributed by atoms with Crippen LogP contribution in [0.25, 0.3) is 5.69 Å². The third kappa shape index (κ3) is 6.09. The zero-order chi connectivity index (χ0) is 19.6. The first-order valence-electron chi connectivity index (χ1n) is 10.6. The average Bonchev–Trinajstić information content (AvgIpc) is 3.19. The van der Waals surface area contributed by atoms with Gasteiger partial charge in [0.1, 0.15) is 0 Å². The Hall–Kier alpha value is -2.34. The van der Waals surface area contributed by atoms with E-state index in [2.05, 4.69) is 52.8 Å². The van der Waals surface area contributed by atoms with Gasteiger partial charge in [0.05, 0.1) is 11.9 Å². The number of para-hydroxylation sites is 1. The number of hydrogen-bond acceptors (Lipinski definition) is 3. The number of nitrogens with one attached hydrogen (secondary N) is 2. The first kappa shape index (κ1) is 20.4. The van der Waals surface area contributed by atoms with E-state index in [1.54, 1.807) is 0 Å². The van der Waals surface area contributed by atoms with E-state index in [1.165, 1.54) is 44.5 Å². The Bertz CT molecular complexity index is 716. The molecule has 1 aromatic carbocycles. The van der Waals surface area contributed by atoms with E-state index in [0.29, 0.717) is 6.04 Å². The molecule has 0 saturated carbocycles. The fraction of sp³-hybridized carbons (Fsp3) is 0.545. The molecule has 2 N–H and O–H groups in total. The van der Waals surface area contributed by atoms with Crippen LogP contribution in [-0.4, -0.2) is 59.4 Å². The molecule has 152 valence electrons. The predicted molar refractivity (Wildman–Crippen MR) is 116 cm³/mol. The Kier molecular flexibility index (Phi) is 7.91. The minimum Gasteiger partial charge on any atom is -0.357 e. The average molecular weight is 383 g/mol. The van der Waals surface area contributed by atoms with Gasteiger partial charge in [-0.15, -0.1) is 0 Å². The van der Waals surface area contributed by atoms with Crippen molar-refractivity contribution < 1.29 is 0 Å². The van der Waals surface area contributed by atoms with Crippen molar-refractivity contribution in [2.75, 3.05) is 32.7 Å². The van der Waals surface area contributed by atoms with Gasteiger partial charge in [-0.25, -0.2) is 4.68 Å². The van der Waals surface area contributed by atoms with Crippen molar-refractivity contribution in [3.8, 4) is 5.69 Å². The highest BCUT2D eigenvalue weighted by molar-refractivity contribution is 5.80. The normalized spacial score (nSPS) is 16.3. The Morgan fingerprint density at radius 3 is 2.68 bits per heavy atom. The molecule has 6 heteroatoms. The predicted octanol–water partition coefficient (Wildman–Crippen LogP) is 2.84. The molecule has 2 heterocycles. The largest absolute Gasteiger partial charge is 0.357 e. The van der Waals surface area contributed by atoms with E-state index < -0.39 is 0 Å². The first-order valence-corrected chi connectivity index (χ1v) is 10.6. The van der Waals surface area contributed by atoms with Gasteiger partial charge < -0.3 is 15.5 Å². The van der Waals surface area contributed by atoms with E-state index in [9.17, 15) is 0 Å². The summed E-state index contributed by atoms with van der Waals surface area (Å²) < 4.78 is 1.92. The molecule has 2 aromatic rings. The molecule has 1 fully saturated rings. The maximum absolute atomic E-state index is 4.78. The molecular weight excluding hydrogens is 348 g/mol. The fourth-order valence-electron chi connectivity index (χ4n) is 3.64. The molecule has 0 bridgehead atoms. The number of rotatable bonds is 8. The van der Waals surface area contributed by atoms with Crippen LogP contribution >= 0.6 is 0 Å².